The van der Waals surface area contributed by atoms with E-state index in [4.69, 9.17) is 11.6 Å². The van der Waals surface area contributed by atoms with E-state index in [1.54, 1.807) is 17.8 Å². The zero-order valence-electron chi connectivity index (χ0n) is 11.1. The van der Waals surface area contributed by atoms with Crippen molar-refractivity contribution >= 4 is 29.1 Å². The summed E-state index contributed by atoms with van der Waals surface area (Å²) in [7, 11) is 0. The highest BCUT2D eigenvalue weighted by molar-refractivity contribution is 7.99. The van der Waals surface area contributed by atoms with Gasteiger partial charge in [-0.15, -0.1) is 11.8 Å². The molecule has 0 amide bonds. The van der Waals surface area contributed by atoms with Gasteiger partial charge in [0.1, 0.15) is 5.82 Å². The summed E-state index contributed by atoms with van der Waals surface area (Å²) in [5, 5.41) is 4.26. The van der Waals surface area contributed by atoms with Gasteiger partial charge in [0.2, 0.25) is 0 Å². The Morgan fingerprint density at radius 2 is 2.15 bits per heavy atom. The molecular formula is C16H15ClFNS. The van der Waals surface area contributed by atoms with Crippen molar-refractivity contribution in [1.29, 1.82) is 0 Å². The maximum atomic E-state index is 13.8. The second-order valence-electron chi connectivity index (χ2n) is 4.95. The number of hydrogen-bond donors (Lipinski definition) is 1. The first-order valence-corrected chi connectivity index (χ1v) is 7.95. The average molecular weight is 308 g/mol. The molecule has 2 aromatic carbocycles. The number of anilines is 1. The van der Waals surface area contributed by atoms with Gasteiger partial charge < -0.3 is 5.32 Å². The minimum absolute atomic E-state index is 0.119. The third-order valence-corrected chi connectivity index (χ3v) is 4.94. The van der Waals surface area contributed by atoms with Crippen LogP contribution in [0.15, 0.2) is 41.3 Å². The molecule has 3 rings (SSSR count). The molecule has 1 unspecified atom stereocenters. The molecule has 1 nitrogen and oxygen atoms in total. The van der Waals surface area contributed by atoms with Crippen LogP contribution in [0.2, 0.25) is 5.02 Å². The van der Waals surface area contributed by atoms with Gasteiger partial charge in [-0.3, -0.25) is 0 Å². The van der Waals surface area contributed by atoms with Gasteiger partial charge >= 0.3 is 0 Å². The van der Waals surface area contributed by atoms with Crippen LogP contribution in [0.5, 0.6) is 0 Å². The largest absolute Gasteiger partial charge is 0.378 e. The van der Waals surface area contributed by atoms with E-state index in [0.29, 0.717) is 0 Å². The van der Waals surface area contributed by atoms with Gasteiger partial charge in [-0.2, -0.15) is 0 Å². The van der Waals surface area contributed by atoms with E-state index >= 15 is 0 Å². The molecule has 104 valence electrons. The normalized spacial score (nSPS) is 17.6. The van der Waals surface area contributed by atoms with Crippen molar-refractivity contribution in [2.45, 2.75) is 24.3 Å². The van der Waals surface area contributed by atoms with Crippen LogP contribution in [0.4, 0.5) is 10.1 Å². The highest BCUT2D eigenvalue weighted by atomic mass is 35.5. The molecule has 0 saturated carbocycles. The Bertz CT molecular complexity index is 644. The molecule has 0 radical (unpaired) electrons. The predicted molar refractivity (Wildman–Crippen MR) is 84.3 cm³/mol. The van der Waals surface area contributed by atoms with Gasteiger partial charge in [-0.1, -0.05) is 23.7 Å². The van der Waals surface area contributed by atoms with Crippen LogP contribution in [0.3, 0.4) is 0 Å². The van der Waals surface area contributed by atoms with Gasteiger partial charge in [-0.05, 0) is 48.7 Å². The van der Waals surface area contributed by atoms with Crippen LogP contribution >= 0.6 is 23.4 Å². The molecule has 1 N–H and O–H groups in total. The first-order valence-electron chi connectivity index (χ1n) is 6.59. The Labute approximate surface area is 127 Å². The SMILES string of the molecule is Cc1cc(Cl)ccc1NC1CCSc2c(F)cccc21. The summed E-state index contributed by atoms with van der Waals surface area (Å²) in [5.74, 6) is 0.810. The van der Waals surface area contributed by atoms with Crippen molar-refractivity contribution in [3.8, 4) is 0 Å². The highest BCUT2D eigenvalue weighted by Crippen LogP contribution is 2.39. The fourth-order valence-corrected chi connectivity index (χ4v) is 3.88. The molecule has 4 heteroatoms. The standard InChI is InChI=1S/C16H15ClFNS/c1-10-9-11(17)5-6-14(10)19-15-7-8-20-16-12(15)3-2-4-13(16)18/h2-6,9,15,19H,7-8H2,1H3. The van der Waals surface area contributed by atoms with Crippen LogP contribution in [0.25, 0.3) is 0 Å². The summed E-state index contributed by atoms with van der Waals surface area (Å²) >= 11 is 7.58. The minimum Gasteiger partial charge on any atom is -0.378 e. The molecular weight excluding hydrogens is 293 g/mol. The number of aryl methyl sites for hydroxylation is 1. The zero-order valence-corrected chi connectivity index (χ0v) is 12.7. The number of benzene rings is 2. The Balaban J connectivity index is 1.91. The lowest BCUT2D eigenvalue weighted by molar-refractivity contribution is 0.585. The summed E-state index contributed by atoms with van der Waals surface area (Å²) < 4.78 is 13.8. The summed E-state index contributed by atoms with van der Waals surface area (Å²) in [6.45, 7) is 2.03. The van der Waals surface area contributed by atoms with E-state index in [1.165, 1.54) is 6.07 Å². The van der Waals surface area contributed by atoms with Gasteiger partial charge in [-0.25, -0.2) is 4.39 Å². The fourth-order valence-electron chi connectivity index (χ4n) is 2.51. The van der Waals surface area contributed by atoms with Crippen LogP contribution in [0, 0.1) is 12.7 Å². The van der Waals surface area contributed by atoms with E-state index < -0.39 is 0 Å². The topological polar surface area (TPSA) is 12.0 Å². The predicted octanol–water partition coefficient (Wildman–Crippen LogP) is 5.44. The quantitative estimate of drug-likeness (QED) is 0.793. The summed E-state index contributed by atoms with van der Waals surface area (Å²) in [5.41, 5.74) is 3.21. The molecule has 1 atom stereocenters. The first kappa shape index (κ1) is 13.8. The maximum absolute atomic E-state index is 13.8. The number of fused-ring (bicyclic) bond motifs is 1. The molecule has 0 bridgehead atoms. The van der Waals surface area contributed by atoms with E-state index in [2.05, 4.69) is 5.32 Å². The van der Waals surface area contributed by atoms with Gasteiger partial charge in [0.15, 0.2) is 0 Å². The van der Waals surface area contributed by atoms with Crippen LogP contribution in [-0.4, -0.2) is 5.75 Å². The lowest BCUT2D eigenvalue weighted by Crippen LogP contribution is -2.17. The molecule has 1 aliphatic rings. The van der Waals surface area contributed by atoms with Gasteiger partial charge in [0, 0.05) is 21.4 Å². The Kier molecular flexibility index (Phi) is 3.90. The number of halogens is 2. The number of nitrogens with one attached hydrogen (secondary N) is 1. The average Bonchev–Trinajstić information content (AvgIpc) is 2.43. The van der Waals surface area contributed by atoms with Crippen LogP contribution < -0.4 is 5.32 Å². The van der Waals surface area contributed by atoms with Crippen molar-refractivity contribution in [3.05, 3.63) is 58.4 Å². The Hall–Kier alpha value is -1.19. The third-order valence-electron chi connectivity index (χ3n) is 3.54. The smallest absolute Gasteiger partial charge is 0.137 e. The minimum atomic E-state index is -0.119. The van der Waals surface area contributed by atoms with Gasteiger partial charge in [0.25, 0.3) is 0 Å². The summed E-state index contributed by atoms with van der Waals surface area (Å²) in [4.78, 5) is 0.780. The number of hydrogen-bond acceptors (Lipinski definition) is 2. The lowest BCUT2D eigenvalue weighted by Gasteiger charge is -2.27. The Morgan fingerprint density at radius 3 is 2.95 bits per heavy atom. The van der Waals surface area contributed by atoms with Crippen LogP contribution in [-0.2, 0) is 0 Å². The van der Waals surface area contributed by atoms with Gasteiger partial charge in [0.05, 0.1) is 6.04 Å². The highest BCUT2D eigenvalue weighted by Gasteiger charge is 2.23. The lowest BCUT2D eigenvalue weighted by atomic mass is 10.0. The molecule has 0 fully saturated rings. The van der Waals surface area contributed by atoms with Crippen molar-refractivity contribution in [2.75, 3.05) is 11.1 Å². The van der Waals surface area contributed by atoms with Crippen molar-refractivity contribution in [1.82, 2.24) is 0 Å². The second-order valence-corrected chi connectivity index (χ2v) is 6.49. The first-order chi connectivity index (χ1) is 9.65. The molecule has 0 aromatic heterocycles. The van der Waals surface area contributed by atoms with Crippen molar-refractivity contribution in [3.63, 3.8) is 0 Å². The maximum Gasteiger partial charge on any atom is 0.137 e. The summed E-state index contributed by atoms with van der Waals surface area (Å²) in [6, 6.07) is 11.3. The summed E-state index contributed by atoms with van der Waals surface area (Å²) in [6.07, 6.45) is 0.989. The molecule has 0 spiro atoms. The van der Waals surface area contributed by atoms with E-state index in [0.717, 1.165) is 38.9 Å². The molecule has 0 saturated heterocycles. The Morgan fingerprint density at radius 1 is 1.30 bits per heavy atom. The molecule has 1 aliphatic heterocycles. The number of rotatable bonds is 2. The van der Waals surface area contributed by atoms with E-state index in [1.807, 2.05) is 31.2 Å². The third kappa shape index (κ3) is 2.65. The number of thioether (sulfide) groups is 1. The van der Waals surface area contributed by atoms with Crippen molar-refractivity contribution < 1.29 is 4.39 Å². The van der Waals surface area contributed by atoms with Crippen LogP contribution in [0.1, 0.15) is 23.6 Å². The molecule has 2 aromatic rings. The zero-order chi connectivity index (χ0) is 14.1. The molecule has 1 heterocycles. The van der Waals surface area contributed by atoms with E-state index in [9.17, 15) is 4.39 Å². The monoisotopic (exact) mass is 307 g/mol. The fraction of sp³-hybridized carbons (Fsp3) is 0.250. The van der Waals surface area contributed by atoms with Crippen molar-refractivity contribution in [2.24, 2.45) is 0 Å². The van der Waals surface area contributed by atoms with E-state index in [-0.39, 0.29) is 11.9 Å². The molecule has 0 aliphatic carbocycles. The molecule has 20 heavy (non-hydrogen) atoms. The second kappa shape index (κ2) is 5.66.